The molecule has 0 aliphatic heterocycles. The van der Waals surface area contributed by atoms with Crippen LogP contribution in [0.15, 0.2) is 0 Å². The van der Waals surface area contributed by atoms with Crippen molar-refractivity contribution in [2.24, 2.45) is 0 Å². The highest BCUT2D eigenvalue weighted by atomic mass is 35.5. The Kier molecular flexibility index (Phi) is 22.9. The molecule has 0 aliphatic carbocycles. The third kappa shape index (κ3) is 22.8. The number of carbonyl (C=O) groups excluding carboxylic acids is 2. The van der Waals surface area contributed by atoms with E-state index in [-0.39, 0.29) is 5.24 Å². The highest BCUT2D eigenvalue weighted by molar-refractivity contribution is 6.63. The maximum atomic E-state index is 10.5. The number of unbranched alkanes of at least 4 members (excludes halogenated alkanes) is 12. The van der Waals surface area contributed by atoms with E-state index >= 15 is 0 Å². The first-order chi connectivity index (χ1) is 9.77. The Bertz CT molecular complexity index is 195. The van der Waals surface area contributed by atoms with Crippen LogP contribution in [0, 0.1) is 0 Å². The molecule has 0 amide bonds. The van der Waals surface area contributed by atoms with E-state index in [1.807, 2.05) is 6.79 Å². The summed E-state index contributed by atoms with van der Waals surface area (Å²) in [5.41, 5.74) is 0. The van der Waals surface area contributed by atoms with E-state index in [0.717, 1.165) is 12.8 Å². The van der Waals surface area contributed by atoms with Crippen LogP contribution in [0.5, 0.6) is 0 Å². The third-order valence-electron chi connectivity index (χ3n) is 3.48. The Balaban J connectivity index is 0. The molecule has 0 atom stereocenters. The van der Waals surface area contributed by atoms with Crippen molar-refractivity contribution in [1.29, 1.82) is 0 Å². The average Bonchev–Trinajstić information content (AvgIpc) is 2.46. The molecule has 0 radical (unpaired) electrons. The van der Waals surface area contributed by atoms with Crippen molar-refractivity contribution in [1.82, 2.24) is 0 Å². The van der Waals surface area contributed by atoms with Crippen LogP contribution in [0.1, 0.15) is 96.8 Å². The Hall–Kier alpha value is -0.370. The molecule has 0 aromatic rings. The van der Waals surface area contributed by atoms with Crippen LogP contribution in [0.25, 0.3) is 0 Å². The van der Waals surface area contributed by atoms with Gasteiger partial charge in [0.15, 0.2) is 0 Å². The molecular formula is C17H33ClO2. The summed E-state index contributed by atoms with van der Waals surface area (Å²) in [7, 11) is 0. The van der Waals surface area contributed by atoms with Gasteiger partial charge in [0.05, 0.1) is 0 Å². The smallest absolute Gasteiger partial charge is 0.221 e. The van der Waals surface area contributed by atoms with Gasteiger partial charge < -0.3 is 4.79 Å². The number of hydrogen-bond acceptors (Lipinski definition) is 2. The van der Waals surface area contributed by atoms with Gasteiger partial charge in [-0.1, -0.05) is 84.0 Å². The van der Waals surface area contributed by atoms with E-state index in [1.165, 1.54) is 70.6 Å². The summed E-state index contributed by atoms with van der Waals surface area (Å²) >= 11 is 5.28. The van der Waals surface area contributed by atoms with Crippen LogP contribution in [-0.4, -0.2) is 12.0 Å². The Labute approximate surface area is 130 Å². The largest absolute Gasteiger partial charge is 0.307 e. The van der Waals surface area contributed by atoms with E-state index in [1.54, 1.807) is 0 Å². The molecule has 0 spiro atoms. The zero-order valence-corrected chi connectivity index (χ0v) is 14.1. The fourth-order valence-electron chi connectivity index (χ4n) is 2.28. The maximum Gasteiger partial charge on any atom is 0.221 e. The van der Waals surface area contributed by atoms with Gasteiger partial charge in [-0.3, -0.25) is 4.79 Å². The van der Waals surface area contributed by atoms with E-state index in [9.17, 15) is 4.79 Å². The summed E-state index contributed by atoms with van der Waals surface area (Å²) in [6, 6.07) is 0. The zero-order chi connectivity index (χ0) is 15.5. The first kappa shape index (κ1) is 21.9. The Morgan fingerprint density at radius 2 is 1.00 bits per heavy atom. The maximum absolute atomic E-state index is 10.5. The summed E-state index contributed by atoms with van der Waals surface area (Å²) < 4.78 is 0. The lowest BCUT2D eigenvalue weighted by Crippen LogP contribution is -1.86. The molecule has 0 saturated heterocycles. The SMILES string of the molecule is C=O.CCCCCCCCCCCCCCCC(=O)Cl. The molecule has 0 heterocycles. The van der Waals surface area contributed by atoms with Crippen molar-refractivity contribution < 1.29 is 9.59 Å². The molecule has 2 nitrogen and oxygen atoms in total. The molecule has 0 fully saturated rings. The topological polar surface area (TPSA) is 34.1 Å². The number of rotatable bonds is 14. The minimum atomic E-state index is -0.182. The highest BCUT2D eigenvalue weighted by Crippen LogP contribution is 2.13. The summed E-state index contributed by atoms with van der Waals surface area (Å²) in [6.07, 6.45) is 17.9. The van der Waals surface area contributed by atoms with Crippen LogP contribution >= 0.6 is 11.6 Å². The molecule has 0 saturated carbocycles. The second kappa shape index (κ2) is 20.9. The molecule has 20 heavy (non-hydrogen) atoms. The summed E-state index contributed by atoms with van der Waals surface area (Å²) in [6.45, 7) is 4.27. The molecule has 0 unspecified atom stereocenters. The lowest BCUT2D eigenvalue weighted by Gasteiger charge is -2.02. The number of carbonyl (C=O) groups is 2. The molecule has 0 aromatic carbocycles. The third-order valence-corrected chi connectivity index (χ3v) is 3.67. The van der Waals surface area contributed by atoms with Crippen molar-refractivity contribution in [2.75, 3.05) is 0 Å². The van der Waals surface area contributed by atoms with Gasteiger partial charge in [-0.2, -0.15) is 0 Å². The van der Waals surface area contributed by atoms with Crippen LogP contribution in [0.3, 0.4) is 0 Å². The lowest BCUT2D eigenvalue weighted by molar-refractivity contribution is -0.111. The van der Waals surface area contributed by atoms with Crippen LogP contribution in [-0.2, 0) is 9.59 Å². The van der Waals surface area contributed by atoms with Crippen LogP contribution < -0.4 is 0 Å². The normalized spacial score (nSPS) is 9.90. The van der Waals surface area contributed by atoms with Gasteiger partial charge in [0.25, 0.3) is 0 Å². The average molecular weight is 305 g/mol. The molecule has 0 aromatic heterocycles. The van der Waals surface area contributed by atoms with Gasteiger partial charge in [-0.15, -0.1) is 0 Å². The summed E-state index contributed by atoms with van der Waals surface area (Å²) in [4.78, 5) is 18.5. The molecule has 120 valence electrons. The Morgan fingerprint density at radius 3 is 1.30 bits per heavy atom. The molecule has 0 bridgehead atoms. The van der Waals surface area contributed by atoms with Crippen molar-refractivity contribution in [3.63, 3.8) is 0 Å². The zero-order valence-electron chi connectivity index (χ0n) is 13.3. The second-order valence-corrected chi connectivity index (χ2v) is 5.77. The molecular weight excluding hydrogens is 272 g/mol. The predicted octanol–water partition coefficient (Wildman–Crippen LogP) is 6.05. The van der Waals surface area contributed by atoms with Crippen LogP contribution in [0.4, 0.5) is 0 Å². The molecule has 0 aliphatic rings. The van der Waals surface area contributed by atoms with E-state index < -0.39 is 0 Å². The summed E-state index contributed by atoms with van der Waals surface area (Å²) in [5, 5.41) is -0.182. The van der Waals surface area contributed by atoms with Crippen molar-refractivity contribution in [3.8, 4) is 0 Å². The van der Waals surface area contributed by atoms with Gasteiger partial charge in [-0.05, 0) is 18.0 Å². The Morgan fingerprint density at radius 1 is 0.700 bits per heavy atom. The van der Waals surface area contributed by atoms with Crippen molar-refractivity contribution >= 4 is 23.6 Å². The van der Waals surface area contributed by atoms with Gasteiger partial charge >= 0.3 is 0 Å². The van der Waals surface area contributed by atoms with Crippen molar-refractivity contribution in [3.05, 3.63) is 0 Å². The van der Waals surface area contributed by atoms with Gasteiger partial charge in [0.1, 0.15) is 6.79 Å². The van der Waals surface area contributed by atoms with E-state index in [0.29, 0.717) is 6.42 Å². The fourth-order valence-corrected chi connectivity index (χ4v) is 2.42. The lowest BCUT2D eigenvalue weighted by atomic mass is 10.0. The minimum Gasteiger partial charge on any atom is -0.307 e. The van der Waals surface area contributed by atoms with Crippen LogP contribution in [0.2, 0.25) is 0 Å². The van der Waals surface area contributed by atoms with Gasteiger partial charge in [0.2, 0.25) is 5.24 Å². The first-order valence-corrected chi connectivity index (χ1v) is 8.62. The van der Waals surface area contributed by atoms with Crippen molar-refractivity contribution in [2.45, 2.75) is 96.8 Å². The van der Waals surface area contributed by atoms with Gasteiger partial charge in [-0.25, -0.2) is 0 Å². The monoisotopic (exact) mass is 304 g/mol. The predicted molar refractivity (Wildman–Crippen MR) is 88.3 cm³/mol. The first-order valence-electron chi connectivity index (χ1n) is 8.24. The molecule has 0 N–H and O–H groups in total. The highest BCUT2D eigenvalue weighted by Gasteiger charge is 1.96. The minimum absolute atomic E-state index is 0.182. The molecule has 3 heteroatoms. The summed E-state index contributed by atoms with van der Waals surface area (Å²) in [5.74, 6) is 0. The number of halogens is 1. The second-order valence-electron chi connectivity index (χ2n) is 5.35. The van der Waals surface area contributed by atoms with E-state index in [4.69, 9.17) is 16.4 Å². The standard InChI is InChI=1S/C16H31ClO.CH2O/c1-2-3-4-5-6-7-8-9-10-11-12-13-14-15-16(17)18;1-2/h2-15H2,1H3;1H2. The molecule has 0 rings (SSSR count). The van der Waals surface area contributed by atoms with Gasteiger partial charge in [0, 0.05) is 6.42 Å². The fraction of sp³-hybridized carbons (Fsp3) is 0.882. The number of hydrogen-bond donors (Lipinski definition) is 0. The quantitative estimate of drug-likeness (QED) is 0.289. The van der Waals surface area contributed by atoms with E-state index in [2.05, 4.69) is 6.92 Å².